The number of aromatic amines is 1. The molecule has 0 aliphatic rings. The van der Waals surface area contributed by atoms with Gasteiger partial charge in [-0.3, -0.25) is 0 Å². The molecule has 50 valence electrons. The number of aromatic nitrogens is 5. The largest absolute Gasteiger partial charge is 0.328 e. The van der Waals surface area contributed by atoms with Gasteiger partial charge in [0.15, 0.2) is 0 Å². The van der Waals surface area contributed by atoms with Crippen molar-refractivity contribution in [2.24, 2.45) is 0 Å². The fourth-order valence-corrected chi connectivity index (χ4v) is 0.691. The lowest BCUT2D eigenvalue weighted by Gasteiger charge is -1.88. The van der Waals surface area contributed by atoms with Crippen molar-refractivity contribution >= 4 is 0 Å². The van der Waals surface area contributed by atoms with Gasteiger partial charge in [0.2, 0.25) is 5.95 Å². The predicted molar refractivity (Wildman–Crippen MR) is 33.5 cm³/mol. The number of imidazole rings is 1. The second-order valence-corrected chi connectivity index (χ2v) is 1.73. The summed E-state index contributed by atoms with van der Waals surface area (Å²) in [6.07, 6.45) is 6.57. The Balaban J connectivity index is 2.48. The van der Waals surface area contributed by atoms with Gasteiger partial charge in [0, 0.05) is 12.4 Å². The molecule has 0 bridgehead atoms. The van der Waals surface area contributed by atoms with Gasteiger partial charge in [-0.15, -0.1) is 4.80 Å². The zero-order valence-electron chi connectivity index (χ0n) is 5.10. The van der Waals surface area contributed by atoms with Crippen LogP contribution in [0.25, 0.3) is 5.95 Å². The molecular formula is C5H5N5. The van der Waals surface area contributed by atoms with E-state index >= 15 is 0 Å². The molecule has 0 aliphatic heterocycles. The molecule has 1 N–H and O–H groups in total. The maximum Gasteiger partial charge on any atom is 0.246 e. The number of rotatable bonds is 1. The van der Waals surface area contributed by atoms with Crippen LogP contribution in [-0.4, -0.2) is 25.0 Å². The average Bonchev–Trinajstić information content (AvgIpc) is 2.59. The van der Waals surface area contributed by atoms with Gasteiger partial charge in [-0.25, -0.2) is 4.98 Å². The molecular weight excluding hydrogens is 130 g/mol. The van der Waals surface area contributed by atoms with Crippen molar-refractivity contribution in [2.45, 2.75) is 0 Å². The average molecular weight is 135 g/mol. The van der Waals surface area contributed by atoms with E-state index < -0.39 is 0 Å². The maximum atomic E-state index is 3.94. The summed E-state index contributed by atoms with van der Waals surface area (Å²) in [5.41, 5.74) is 0. The van der Waals surface area contributed by atoms with E-state index in [4.69, 9.17) is 0 Å². The van der Waals surface area contributed by atoms with E-state index in [1.807, 2.05) is 0 Å². The molecule has 5 heteroatoms. The van der Waals surface area contributed by atoms with Crippen LogP contribution in [-0.2, 0) is 0 Å². The highest BCUT2D eigenvalue weighted by atomic mass is 15.5. The number of H-pyrrole nitrogens is 1. The van der Waals surface area contributed by atoms with Crippen molar-refractivity contribution in [3.63, 3.8) is 0 Å². The number of nitrogens with one attached hydrogen (secondary N) is 1. The van der Waals surface area contributed by atoms with Crippen LogP contribution in [0.4, 0.5) is 0 Å². The Hall–Kier alpha value is -1.65. The summed E-state index contributed by atoms with van der Waals surface area (Å²) < 4.78 is 0. The molecule has 0 saturated heterocycles. The van der Waals surface area contributed by atoms with Gasteiger partial charge in [0.25, 0.3) is 0 Å². The van der Waals surface area contributed by atoms with Gasteiger partial charge in [0.1, 0.15) is 0 Å². The second-order valence-electron chi connectivity index (χ2n) is 1.73. The molecule has 2 aromatic heterocycles. The summed E-state index contributed by atoms with van der Waals surface area (Å²) in [7, 11) is 0. The van der Waals surface area contributed by atoms with E-state index in [2.05, 4.69) is 20.2 Å². The highest BCUT2D eigenvalue weighted by Crippen LogP contribution is 1.91. The lowest BCUT2D eigenvalue weighted by Crippen LogP contribution is -1.99. The highest BCUT2D eigenvalue weighted by molar-refractivity contribution is 5.02. The summed E-state index contributed by atoms with van der Waals surface area (Å²) in [6, 6.07) is 0. The third-order valence-corrected chi connectivity index (χ3v) is 1.09. The summed E-state index contributed by atoms with van der Waals surface area (Å²) in [5, 5.41) is 7.74. The molecule has 0 unspecified atom stereocenters. The molecule has 0 amide bonds. The van der Waals surface area contributed by atoms with Crippen LogP contribution in [0, 0.1) is 0 Å². The minimum absolute atomic E-state index is 0.630. The number of hydrogen-bond donors (Lipinski definition) is 1. The van der Waals surface area contributed by atoms with Gasteiger partial charge in [-0.2, -0.15) is 10.2 Å². The quantitative estimate of drug-likeness (QED) is 0.598. The van der Waals surface area contributed by atoms with Gasteiger partial charge in [0.05, 0.1) is 12.4 Å². The van der Waals surface area contributed by atoms with E-state index in [-0.39, 0.29) is 0 Å². The third-order valence-electron chi connectivity index (χ3n) is 1.09. The molecule has 0 aromatic carbocycles. The van der Waals surface area contributed by atoms with Crippen LogP contribution in [0.2, 0.25) is 0 Å². The predicted octanol–water partition coefficient (Wildman–Crippen LogP) is -0.00960. The lowest BCUT2D eigenvalue weighted by molar-refractivity contribution is 0.713. The molecule has 0 atom stereocenters. The van der Waals surface area contributed by atoms with Crippen LogP contribution in [0.15, 0.2) is 24.8 Å². The van der Waals surface area contributed by atoms with Gasteiger partial charge in [-0.05, 0) is 0 Å². The molecule has 10 heavy (non-hydrogen) atoms. The van der Waals surface area contributed by atoms with E-state index in [1.165, 1.54) is 4.80 Å². The summed E-state index contributed by atoms with van der Waals surface area (Å²) in [5.74, 6) is 0.630. The normalized spacial score (nSPS) is 10.0. The van der Waals surface area contributed by atoms with E-state index in [0.29, 0.717) is 5.95 Å². The molecule has 2 heterocycles. The first-order valence-corrected chi connectivity index (χ1v) is 2.83. The number of nitrogens with zero attached hydrogens (tertiary/aromatic N) is 4. The zero-order valence-corrected chi connectivity index (χ0v) is 5.10. The lowest BCUT2D eigenvalue weighted by atomic mass is 11.0. The van der Waals surface area contributed by atoms with Crippen LogP contribution < -0.4 is 0 Å². The van der Waals surface area contributed by atoms with Crippen molar-refractivity contribution in [3.8, 4) is 5.95 Å². The van der Waals surface area contributed by atoms with Crippen molar-refractivity contribution < 1.29 is 0 Å². The summed E-state index contributed by atoms with van der Waals surface area (Å²) >= 11 is 0. The SMILES string of the molecule is c1c[nH]c(-n2nccn2)n1. The summed E-state index contributed by atoms with van der Waals surface area (Å²) in [4.78, 5) is 8.22. The second kappa shape index (κ2) is 1.94. The Morgan fingerprint density at radius 3 is 2.60 bits per heavy atom. The van der Waals surface area contributed by atoms with Crippen molar-refractivity contribution in [1.82, 2.24) is 25.0 Å². The molecule has 0 spiro atoms. The van der Waals surface area contributed by atoms with Gasteiger partial charge in [-0.1, -0.05) is 0 Å². The minimum Gasteiger partial charge on any atom is -0.328 e. The van der Waals surface area contributed by atoms with Gasteiger partial charge >= 0.3 is 0 Å². The molecule has 0 saturated carbocycles. The fourth-order valence-electron chi connectivity index (χ4n) is 0.691. The topological polar surface area (TPSA) is 59.4 Å². The standard InChI is InChI=1S/C5H5N5/c1-2-7-5(6-1)10-8-3-4-9-10/h1-4H,(H,6,7). The van der Waals surface area contributed by atoms with Crippen LogP contribution >= 0.6 is 0 Å². The Labute approximate surface area is 56.7 Å². The smallest absolute Gasteiger partial charge is 0.246 e. The number of hydrogen-bond acceptors (Lipinski definition) is 3. The van der Waals surface area contributed by atoms with E-state index in [9.17, 15) is 0 Å². The Kier molecular flexibility index (Phi) is 1.00. The summed E-state index contributed by atoms with van der Waals surface area (Å²) in [6.45, 7) is 0. The minimum atomic E-state index is 0.630. The van der Waals surface area contributed by atoms with E-state index in [1.54, 1.807) is 24.8 Å². The van der Waals surface area contributed by atoms with Crippen LogP contribution in [0.1, 0.15) is 0 Å². The van der Waals surface area contributed by atoms with E-state index in [0.717, 1.165) is 0 Å². The van der Waals surface area contributed by atoms with Crippen LogP contribution in [0.3, 0.4) is 0 Å². The maximum absolute atomic E-state index is 3.94. The highest BCUT2D eigenvalue weighted by Gasteiger charge is 1.95. The first-order valence-electron chi connectivity index (χ1n) is 2.83. The molecule has 5 nitrogen and oxygen atoms in total. The monoisotopic (exact) mass is 135 g/mol. The van der Waals surface area contributed by atoms with Crippen molar-refractivity contribution in [2.75, 3.05) is 0 Å². The Bertz CT molecular complexity index is 249. The zero-order chi connectivity index (χ0) is 6.81. The first-order chi connectivity index (χ1) is 4.97. The molecule has 0 fully saturated rings. The molecule has 2 rings (SSSR count). The van der Waals surface area contributed by atoms with Crippen molar-refractivity contribution in [1.29, 1.82) is 0 Å². The molecule has 0 radical (unpaired) electrons. The molecule has 2 aromatic rings. The molecule has 0 aliphatic carbocycles. The Morgan fingerprint density at radius 2 is 2.00 bits per heavy atom. The van der Waals surface area contributed by atoms with Crippen molar-refractivity contribution in [3.05, 3.63) is 24.8 Å². The van der Waals surface area contributed by atoms with Gasteiger partial charge < -0.3 is 4.98 Å². The third kappa shape index (κ3) is 0.680. The van der Waals surface area contributed by atoms with Crippen LogP contribution in [0.5, 0.6) is 0 Å². The first kappa shape index (κ1) is 5.16. The Morgan fingerprint density at radius 1 is 1.20 bits per heavy atom. The fraction of sp³-hybridized carbons (Fsp3) is 0.